The van der Waals surface area contributed by atoms with Crippen molar-refractivity contribution in [3.05, 3.63) is 0 Å². The van der Waals surface area contributed by atoms with Crippen molar-refractivity contribution in [2.24, 2.45) is 5.92 Å². The van der Waals surface area contributed by atoms with E-state index in [9.17, 15) is 0 Å². The summed E-state index contributed by atoms with van der Waals surface area (Å²) in [6.45, 7) is 4.39. The first-order chi connectivity index (χ1) is 8.79. The highest BCUT2D eigenvalue weighted by Gasteiger charge is 2.32. The van der Waals surface area contributed by atoms with Gasteiger partial charge in [-0.15, -0.1) is 0 Å². The number of hydrogen-bond donors (Lipinski definition) is 0. The topological polar surface area (TPSA) is 27.7 Å². The summed E-state index contributed by atoms with van der Waals surface area (Å²) in [5, 5.41) is 0. The fraction of sp³-hybridized carbons (Fsp3) is 1.00. The molecular formula is C14H25BrO3. The highest BCUT2D eigenvalue weighted by atomic mass is 79.9. The number of rotatable bonds is 5. The molecule has 0 N–H and O–H groups in total. The number of halogens is 1. The predicted octanol–water partition coefficient (Wildman–Crippen LogP) is 3.50. The second kappa shape index (κ2) is 7.83. The van der Waals surface area contributed by atoms with E-state index in [4.69, 9.17) is 14.2 Å². The van der Waals surface area contributed by atoms with Crippen LogP contribution >= 0.6 is 15.9 Å². The smallest absolute Gasteiger partial charge is 0.160 e. The first-order valence-corrected chi connectivity index (χ1v) is 8.20. The Morgan fingerprint density at radius 1 is 1.11 bits per heavy atom. The van der Waals surface area contributed by atoms with Gasteiger partial charge in [0.15, 0.2) is 6.29 Å². The summed E-state index contributed by atoms with van der Waals surface area (Å²) in [4.78, 5) is 0.697. The fourth-order valence-corrected chi connectivity index (χ4v) is 3.14. The molecule has 0 bridgehead atoms. The SMILES string of the molecule is CCCCO[C@H]1CO[C@H]([C@H]2CC[C@H](Br)CC2)OC1. The summed E-state index contributed by atoms with van der Waals surface area (Å²) in [5.74, 6) is 0.579. The maximum absolute atomic E-state index is 5.83. The number of unbranched alkanes of at least 4 members (excludes halogenated alkanes) is 1. The van der Waals surface area contributed by atoms with Gasteiger partial charge in [0.25, 0.3) is 0 Å². The van der Waals surface area contributed by atoms with Crippen molar-refractivity contribution in [2.75, 3.05) is 19.8 Å². The molecule has 1 saturated heterocycles. The third-order valence-electron chi connectivity index (χ3n) is 3.83. The molecule has 2 fully saturated rings. The molecule has 0 spiro atoms. The van der Waals surface area contributed by atoms with Gasteiger partial charge in [0.1, 0.15) is 6.10 Å². The predicted molar refractivity (Wildman–Crippen MR) is 75.0 cm³/mol. The van der Waals surface area contributed by atoms with Crippen molar-refractivity contribution in [3.8, 4) is 0 Å². The van der Waals surface area contributed by atoms with E-state index in [0.717, 1.165) is 13.0 Å². The molecule has 0 atom stereocenters. The molecule has 0 aromatic rings. The van der Waals surface area contributed by atoms with Crippen molar-refractivity contribution in [3.63, 3.8) is 0 Å². The van der Waals surface area contributed by atoms with E-state index in [0.29, 0.717) is 24.0 Å². The highest BCUT2D eigenvalue weighted by molar-refractivity contribution is 9.09. The van der Waals surface area contributed by atoms with Crippen LogP contribution in [0.15, 0.2) is 0 Å². The molecule has 18 heavy (non-hydrogen) atoms. The Hall–Kier alpha value is 0.360. The van der Waals surface area contributed by atoms with Crippen molar-refractivity contribution in [1.82, 2.24) is 0 Å². The van der Waals surface area contributed by atoms with Gasteiger partial charge in [0, 0.05) is 17.4 Å². The van der Waals surface area contributed by atoms with Crippen LogP contribution in [-0.4, -0.2) is 37.0 Å². The first kappa shape index (κ1) is 14.8. The second-order valence-corrected chi connectivity index (χ2v) is 6.69. The Balaban J connectivity index is 1.63. The molecule has 2 rings (SSSR count). The van der Waals surface area contributed by atoms with Gasteiger partial charge in [-0.05, 0) is 32.1 Å². The van der Waals surface area contributed by atoms with Gasteiger partial charge >= 0.3 is 0 Å². The molecule has 1 heterocycles. The quantitative estimate of drug-likeness (QED) is 0.573. The second-order valence-electron chi connectivity index (χ2n) is 5.39. The molecule has 0 amide bonds. The Bertz CT molecular complexity index is 221. The van der Waals surface area contributed by atoms with Crippen LogP contribution in [0.5, 0.6) is 0 Å². The van der Waals surface area contributed by atoms with Crippen LogP contribution in [0.1, 0.15) is 45.4 Å². The minimum absolute atomic E-state index is 0.0102. The monoisotopic (exact) mass is 320 g/mol. The van der Waals surface area contributed by atoms with E-state index in [1.165, 1.54) is 32.1 Å². The van der Waals surface area contributed by atoms with E-state index >= 15 is 0 Å². The largest absolute Gasteiger partial charge is 0.373 e. The highest BCUT2D eigenvalue weighted by Crippen LogP contribution is 2.33. The molecule has 0 aromatic heterocycles. The fourth-order valence-electron chi connectivity index (χ4n) is 2.61. The molecule has 1 aliphatic carbocycles. The van der Waals surface area contributed by atoms with Gasteiger partial charge < -0.3 is 14.2 Å². The number of hydrogen-bond acceptors (Lipinski definition) is 3. The summed E-state index contributed by atoms with van der Waals surface area (Å²) < 4.78 is 17.4. The lowest BCUT2D eigenvalue weighted by molar-refractivity contribution is -0.248. The number of ether oxygens (including phenoxy) is 3. The Morgan fingerprint density at radius 2 is 1.78 bits per heavy atom. The van der Waals surface area contributed by atoms with E-state index in [-0.39, 0.29) is 12.4 Å². The van der Waals surface area contributed by atoms with Crippen LogP contribution in [0.2, 0.25) is 0 Å². The zero-order valence-electron chi connectivity index (χ0n) is 11.3. The molecule has 1 aliphatic heterocycles. The van der Waals surface area contributed by atoms with E-state index in [2.05, 4.69) is 22.9 Å². The van der Waals surface area contributed by atoms with E-state index in [1.54, 1.807) is 0 Å². The third kappa shape index (κ3) is 4.48. The molecule has 0 aromatic carbocycles. The molecule has 0 radical (unpaired) electrons. The van der Waals surface area contributed by atoms with Crippen LogP contribution in [0.25, 0.3) is 0 Å². The van der Waals surface area contributed by atoms with E-state index < -0.39 is 0 Å². The molecule has 1 saturated carbocycles. The van der Waals surface area contributed by atoms with Gasteiger partial charge in [-0.3, -0.25) is 0 Å². The van der Waals surface area contributed by atoms with Crippen molar-refractivity contribution in [1.29, 1.82) is 0 Å². The summed E-state index contributed by atoms with van der Waals surface area (Å²) in [6, 6.07) is 0. The summed E-state index contributed by atoms with van der Waals surface area (Å²) in [7, 11) is 0. The molecule has 4 heteroatoms. The van der Waals surface area contributed by atoms with Gasteiger partial charge in [-0.2, -0.15) is 0 Å². The lowest BCUT2D eigenvalue weighted by atomic mass is 9.88. The van der Waals surface area contributed by atoms with Crippen molar-refractivity contribution >= 4 is 15.9 Å². The van der Waals surface area contributed by atoms with Crippen LogP contribution in [0.4, 0.5) is 0 Å². The Morgan fingerprint density at radius 3 is 2.39 bits per heavy atom. The van der Waals surface area contributed by atoms with Gasteiger partial charge in [-0.25, -0.2) is 0 Å². The zero-order chi connectivity index (χ0) is 12.8. The molecule has 0 unspecified atom stereocenters. The summed E-state index contributed by atoms with van der Waals surface area (Å²) in [6.07, 6.45) is 7.34. The van der Waals surface area contributed by atoms with Crippen molar-refractivity contribution < 1.29 is 14.2 Å². The summed E-state index contributed by atoms with van der Waals surface area (Å²) in [5.41, 5.74) is 0. The zero-order valence-corrected chi connectivity index (χ0v) is 12.9. The van der Waals surface area contributed by atoms with Crippen molar-refractivity contribution in [2.45, 2.75) is 62.7 Å². The molecule has 3 nitrogen and oxygen atoms in total. The van der Waals surface area contributed by atoms with Crippen LogP contribution in [0, 0.1) is 5.92 Å². The average molecular weight is 321 g/mol. The van der Waals surface area contributed by atoms with Gasteiger partial charge in [0.05, 0.1) is 13.2 Å². The number of alkyl halides is 1. The van der Waals surface area contributed by atoms with Crippen LogP contribution in [0.3, 0.4) is 0 Å². The maximum atomic E-state index is 5.83. The summed E-state index contributed by atoms with van der Waals surface area (Å²) >= 11 is 3.68. The minimum atomic E-state index is 0.0102. The minimum Gasteiger partial charge on any atom is -0.373 e. The lowest BCUT2D eigenvalue weighted by Gasteiger charge is -2.36. The van der Waals surface area contributed by atoms with Gasteiger partial charge in [0.2, 0.25) is 0 Å². The van der Waals surface area contributed by atoms with Gasteiger partial charge in [-0.1, -0.05) is 29.3 Å². The Labute approximate surface area is 119 Å². The lowest BCUT2D eigenvalue weighted by Crippen LogP contribution is -2.42. The first-order valence-electron chi connectivity index (χ1n) is 7.28. The average Bonchev–Trinajstić information content (AvgIpc) is 2.41. The normalized spacial score (nSPS) is 37.7. The third-order valence-corrected chi connectivity index (χ3v) is 4.75. The Kier molecular flexibility index (Phi) is 6.42. The molecule has 2 aliphatic rings. The maximum Gasteiger partial charge on any atom is 0.160 e. The van der Waals surface area contributed by atoms with E-state index in [1.807, 2.05) is 0 Å². The standard InChI is InChI=1S/C14H25BrO3/c1-2-3-8-16-13-9-17-14(18-10-13)11-4-6-12(15)7-5-11/h11-14H,2-10H2,1H3/t11-,12-,13-,14-. The van der Waals surface area contributed by atoms with Crippen LogP contribution < -0.4 is 0 Å². The molecule has 106 valence electrons. The molecular weight excluding hydrogens is 296 g/mol. The van der Waals surface area contributed by atoms with Crippen LogP contribution in [-0.2, 0) is 14.2 Å².